The summed E-state index contributed by atoms with van der Waals surface area (Å²) >= 11 is 5.65. The van der Waals surface area contributed by atoms with Gasteiger partial charge < -0.3 is 4.98 Å². The fourth-order valence-electron chi connectivity index (χ4n) is 1.50. The van der Waals surface area contributed by atoms with Gasteiger partial charge in [0.25, 0.3) is 12.1 Å². The molecule has 19 heavy (non-hydrogen) atoms. The average molecular weight is 293 g/mol. The van der Waals surface area contributed by atoms with E-state index in [-0.39, 0.29) is 5.52 Å². The molecule has 8 nitrogen and oxygen atoms in total. The third-order valence-corrected chi connectivity index (χ3v) is 2.67. The molecule has 2 rings (SSSR count). The van der Waals surface area contributed by atoms with Crippen molar-refractivity contribution in [3.05, 3.63) is 37.1 Å². The number of nitro groups is 2. The number of aromatic nitrogens is 2. The maximum absolute atomic E-state index is 12.5. The lowest BCUT2D eigenvalue weighted by Gasteiger charge is -1.97. The molecular weight excluding hydrogens is 290 g/mol. The van der Waals surface area contributed by atoms with Gasteiger partial charge in [-0.2, -0.15) is 0 Å². The molecule has 0 aliphatic heterocycles. The Morgan fingerprint density at radius 3 is 2.32 bits per heavy atom. The molecule has 1 heterocycles. The van der Waals surface area contributed by atoms with E-state index in [0.717, 1.165) is 0 Å². The van der Waals surface area contributed by atoms with Crippen LogP contribution in [0.15, 0.2) is 6.07 Å². The average Bonchev–Trinajstić information content (AvgIpc) is 2.73. The van der Waals surface area contributed by atoms with Gasteiger partial charge in [0.05, 0.1) is 21.4 Å². The van der Waals surface area contributed by atoms with Crippen molar-refractivity contribution in [3.63, 3.8) is 0 Å². The van der Waals surface area contributed by atoms with Crippen LogP contribution in [0.5, 0.6) is 0 Å². The number of imidazole rings is 1. The molecule has 0 atom stereocenters. The number of nitro benzene ring substituents is 2. The number of hydrogen-bond acceptors (Lipinski definition) is 5. The summed E-state index contributed by atoms with van der Waals surface area (Å²) in [5.74, 6) is -0.847. The second kappa shape index (κ2) is 4.39. The molecule has 0 aliphatic carbocycles. The van der Waals surface area contributed by atoms with Gasteiger partial charge in [0, 0.05) is 0 Å². The number of hydrogen-bond donors (Lipinski definition) is 1. The Morgan fingerprint density at radius 2 is 1.84 bits per heavy atom. The number of benzene rings is 1. The summed E-state index contributed by atoms with van der Waals surface area (Å²) < 4.78 is 25.0. The van der Waals surface area contributed by atoms with Crippen LogP contribution in [0.1, 0.15) is 12.2 Å². The highest BCUT2D eigenvalue weighted by molar-refractivity contribution is 6.37. The summed E-state index contributed by atoms with van der Waals surface area (Å²) in [6.45, 7) is 0. The Balaban J connectivity index is 2.88. The van der Waals surface area contributed by atoms with Gasteiger partial charge in [-0.1, -0.05) is 11.6 Å². The molecule has 0 spiro atoms. The van der Waals surface area contributed by atoms with Crippen molar-refractivity contribution in [1.82, 2.24) is 9.97 Å². The predicted octanol–water partition coefficient (Wildman–Crippen LogP) is 2.97. The first-order valence-electron chi connectivity index (χ1n) is 4.62. The molecule has 2 aromatic rings. The van der Waals surface area contributed by atoms with E-state index in [9.17, 15) is 29.0 Å². The Labute approximate surface area is 107 Å². The molecule has 0 aliphatic rings. The van der Waals surface area contributed by atoms with Crippen LogP contribution in [-0.2, 0) is 0 Å². The van der Waals surface area contributed by atoms with Crippen LogP contribution in [0.4, 0.5) is 20.2 Å². The van der Waals surface area contributed by atoms with Crippen molar-refractivity contribution in [2.45, 2.75) is 6.43 Å². The number of alkyl halides is 2. The monoisotopic (exact) mass is 292 g/mol. The molecule has 11 heteroatoms. The van der Waals surface area contributed by atoms with Gasteiger partial charge in [-0.15, -0.1) is 0 Å². The lowest BCUT2D eigenvalue weighted by molar-refractivity contribution is -0.393. The highest BCUT2D eigenvalue weighted by Crippen LogP contribution is 2.38. The van der Waals surface area contributed by atoms with Crippen LogP contribution in [0.2, 0.25) is 5.02 Å². The molecule has 1 N–H and O–H groups in total. The predicted molar refractivity (Wildman–Crippen MR) is 59.4 cm³/mol. The molecule has 0 saturated heterocycles. The maximum Gasteiger partial charge on any atom is 0.304 e. The molecular formula is C8H3ClF2N4O4. The largest absolute Gasteiger partial charge is 0.335 e. The molecule has 1 aromatic carbocycles. The first kappa shape index (κ1) is 13.1. The first-order chi connectivity index (χ1) is 8.82. The van der Waals surface area contributed by atoms with Gasteiger partial charge in [0.1, 0.15) is 5.02 Å². The van der Waals surface area contributed by atoms with Gasteiger partial charge in [-0.3, -0.25) is 20.2 Å². The maximum atomic E-state index is 12.5. The summed E-state index contributed by atoms with van der Waals surface area (Å²) in [7, 11) is 0. The number of non-ortho nitro benzene ring substituents is 1. The highest BCUT2D eigenvalue weighted by Gasteiger charge is 2.28. The number of fused-ring (bicyclic) bond motifs is 1. The zero-order valence-corrected chi connectivity index (χ0v) is 9.52. The van der Waals surface area contributed by atoms with Crippen molar-refractivity contribution < 1.29 is 18.6 Å². The minimum absolute atomic E-state index is 0.363. The topological polar surface area (TPSA) is 115 Å². The Morgan fingerprint density at radius 1 is 1.26 bits per heavy atom. The first-order valence-corrected chi connectivity index (χ1v) is 4.99. The SMILES string of the molecule is O=[N+]([O-])c1cc([N+](=O)[O-])c2nc(C(F)F)[nH]c2c1Cl. The number of aromatic amines is 1. The molecule has 0 radical (unpaired) electrons. The van der Waals surface area contributed by atoms with Crippen LogP contribution in [0, 0.1) is 20.2 Å². The summed E-state index contributed by atoms with van der Waals surface area (Å²) in [6.07, 6.45) is -3.01. The third-order valence-electron chi connectivity index (χ3n) is 2.28. The molecule has 0 saturated carbocycles. The van der Waals surface area contributed by atoms with E-state index in [1.807, 2.05) is 0 Å². The number of halogens is 3. The normalized spacial score (nSPS) is 11.2. The number of nitrogens with zero attached hydrogens (tertiary/aromatic N) is 3. The van der Waals surface area contributed by atoms with Crippen LogP contribution in [0.25, 0.3) is 11.0 Å². The van der Waals surface area contributed by atoms with Gasteiger partial charge in [-0.25, -0.2) is 13.8 Å². The van der Waals surface area contributed by atoms with Gasteiger partial charge in [0.2, 0.25) is 0 Å². The minimum Gasteiger partial charge on any atom is -0.335 e. The van der Waals surface area contributed by atoms with Gasteiger partial charge in [0.15, 0.2) is 11.3 Å². The minimum atomic E-state index is -3.01. The number of H-pyrrole nitrogens is 1. The van der Waals surface area contributed by atoms with E-state index >= 15 is 0 Å². The van der Waals surface area contributed by atoms with Crippen molar-refractivity contribution in [2.24, 2.45) is 0 Å². The zero-order valence-electron chi connectivity index (χ0n) is 8.76. The van der Waals surface area contributed by atoms with E-state index in [4.69, 9.17) is 11.6 Å². The quantitative estimate of drug-likeness (QED) is 0.689. The fraction of sp³-hybridized carbons (Fsp3) is 0.125. The van der Waals surface area contributed by atoms with Crippen LogP contribution in [0.3, 0.4) is 0 Å². The van der Waals surface area contributed by atoms with Crippen molar-refractivity contribution in [1.29, 1.82) is 0 Å². The number of nitrogens with one attached hydrogen (secondary N) is 1. The van der Waals surface area contributed by atoms with Crippen LogP contribution < -0.4 is 0 Å². The van der Waals surface area contributed by atoms with Crippen molar-refractivity contribution >= 4 is 34.0 Å². The summed E-state index contributed by atoms with van der Waals surface area (Å²) in [4.78, 5) is 25.0. The lowest BCUT2D eigenvalue weighted by atomic mass is 10.2. The van der Waals surface area contributed by atoms with E-state index in [2.05, 4.69) is 9.97 Å². The van der Waals surface area contributed by atoms with Gasteiger partial charge in [-0.05, 0) is 0 Å². The summed E-state index contributed by atoms with van der Waals surface area (Å²) in [5.41, 5.74) is -2.34. The second-order valence-corrected chi connectivity index (χ2v) is 3.77. The van der Waals surface area contributed by atoms with Crippen LogP contribution in [-0.4, -0.2) is 19.8 Å². The second-order valence-electron chi connectivity index (χ2n) is 3.39. The third kappa shape index (κ3) is 2.05. The van der Waals surface area contributed by atoms with Crippen LogP contribution >= 0.6 is 11.6 Å². The van der Waals surface area contributed by atoms with Crippen molar-refractivity contribution in [2.75, 3.05) is 0 Å². The van der Waals surface area contributed by atoms with E-state index in [1.54, 1.807) is 0 Å². The Kier molecular flexibility index (Phi) is 3.02. The molecule has 0 amide bonds. The van der Waals surface area contributed by atoms with E-state index in [1.165, 1.54) is 0 Å². The standard InChI is InChI=1S/C8H3ClF2N4O4/c9-4-2(14(16)17)1-3(15(18)19)5-6(4)13-8(12-5)7(10)11/h1,7H,(H,12,13). The van der Waals surface area contributed by atoms with Gasteiger partial charge >= 0.3 is 5.69 Å². The Hall–Kier alpha value is -2.36. The highest BCUT2D eigenvalue weighted by atomic mass is 35.5. The molecule has 100 valence electrons. The zero-order chi connectivity index (χ0) is 14.3. The fourth-order valence-corrected chi connectivity index (χ4v) is 1.76. The molecule has 0 fully saturated rings. The molecule has 0 bridgehead atoms. The molecule has 0 unspecified atom stereocenters. The summed E-state index contributed by atoms with van der Waals surface area (Å²) in [6, 6.07) is 0.584. The molecule has 1 aromatic heterocycles. The van der Waals surface area contributed by atoms with Crippen molar-refractivity contribution in [3.8, 4) is 0 Å². The van der Waals surface area contributed by atoms with E-state index < -0.39 is 44.0 Å². The van der Waals surface area contributed by atoms with E-state index in [0.29, 0.717) is 6.07 Å². The smallest absolute Gasteiger partial charge is 0.304 e. The Bertz CT molecular complexity index is 702. The lowest BCUT2D eigenvalue weighted by Crippen LogP contribution is -1.95. The number of rotatable bonds is 3. The summed E-state index contributed by atoms with van der Waals surface area (Å²) in [5, 5.41) is 21.0.